The Morgan fingerprint density at radius 2 is 2.12 bits per heavy atom. The number of aryl methyl sites for hydroxylation is 1. The Hall–Kier alpha value is -1.36. The van der Waals surface area contributed by atoms with Crippen LogP contribution in [0.5, 0.6) is 0 Å². The zero-order valence-electron chi connectivity index (χ0n) is 16.0. The summed E-state index contributed by atoms with van der Waals surface area (Å²) in [6, 6.07) is 0. The van der Waals surface area contributed by atoms with Gasteiger partial charge in [-0.3, -0.25) is 14.5 Å². The van der Waals surface area contributed by atoms with E-state index in [0.29, 0.717) is 31.6 Å². The van der Waals surface area contributed by atoms with Crippen LogP contribution in [-0.2, 0) is 23.1 Å². The molecule has 25 heavy (non-hydrogen) atoms. The predicted octanol–water partition coefficient (Wildman–Crippen LogP) is 0.931. The number of hydrogen-bond donors (Lipinski definition) is 2. The number of halogens is 1. The second-order valence-corrected chi connectivity index (χ2v) is 5.97. The van der Waals surface area contributed by atoms with Crippen molar-refractivity contribution in [2.45, 2.75) is 26.3 Å². The van der Waals surface area contributed by atoms with Crippen molar-refractivity contribution in [2.75, 3.05) is 40.9 Å². The van der Waals surface area contributed by atoms with Gasteiger partial charge in [0, 0.05) is 53.1 Å². The molecule has 0 spiro atoms. The first-order valence-corrected chi connectivity index (χ1v) is 8.08. The summed E-state index contributed by atoms with van der Waals surface area (Å²) >= 11 is 0. The van der Waals surface area contributed by atoms with Crippen LogP contribution in [0.4, 0.5) is 0 Å². The van der Waals surface area contributed by atoms with Gasteiger partial charge < -0.3 is 20.3 Å². The smallest absolute Gasteiger partial charge is 0.239 e. The molecule has 1 rings (SSSR count). The van der Waals surface area contributed by atoms with Crippen LogP contribution in [0.25, 0.3) is 0 Å². The van der Waals surface area contributed by atoms with Gasteiger partial charge in [-0.05, 0) is 5.92 Å². The van der Waals surface area contributed by atoms with E-state index in [1.165, 1.54) is 0 Å². The highest BCUT2D eigenvalue weighted by molar-refractivity contribution is 14.0. The lowest BCUT2D eigenvalue weighted by Crippen LogP contribution is -2.44. The monoisotopic (exact) mass is 466 g/mol. The summed E-state index contributed by atoms with van der Waals surface area (Å²) in [5.74, 6) is 0.928. The third kappa shape index (κ3) is 8.04. The number of amides is 1. The highest BCUT2D eigenvalue weighted by atomic mass is 127. The van der Waals surface area contributed by atoms with Crippen LogP contribution < -0.4 is 10.6 Å². The molecule has 2 N–H and O–H groups in total. The number of nitrogens with zero attached hydrogens (tertiary/aromatic N) is 4. The summed E-state index contributed by atoms with van der Waals surface area (Å²) in [6.07, 6.45) is 2.02. The number of ether oxygens (including phenoxy) is 1. The molecule has 0 radical (unpaired) electrons. The van der Waals surface area contributed by atoms with Crippen LogP contribution in [0.2, 0.25) is 0 Å². The van der Waals surface area contributed by atoms with E-state index < -0.39 is 0 Å². The first kappa shape index (κ1) is 23.6. The number of carbonyl (C=O) groups excluding carboxylic acids is 1. The number of carbonyl (C=O) groups is 1. The van der Waals surface area contributed by atoms with E-state index in [1.807, 2.05) is 29.9 Å². The maximum absolute atomic E-state index is 11.7. The van der Waals surface area contributed by atoms with Crippen LogP contribution in [0.15, 0.2) is 11.2 Å². The fraction of sp³-hybridized carbons (Fsp3) is 0.688. The van der Waals surface area contributed by atoms with Crippen molar-refractivity contribution >= 4 is 35.8 Å². The van der Waals surface area contributed by atoms with E-state index in [-0.39, 0.29) is 36.4 Å². The first-order chi connectivity index (χ1) is 11.4. The quantitative estimate of drug-likeness (QED) is 0.258. The summed E-state index contributed by atoms with van der Waals surface area (Å²) in [6.45, 7) is 6.10. The lowest BCUT2D eigenvalue weighted by Gasteiger charge is -2.22. The van der Waals surface area contributed by atoms with Gasteiger partial charge in [-0.15, -0.1) is 24.0 Å². The van der Waals surface area contributed by atoms with E-state index in [2.05, 4.69) is 34.6 Å². The standard InChI is InChI=1S/C16H30N6O2.HI/c1-12(2)15-13(11-22(5)20-15)10-21(4)16(17-3)19-9-14(23)18-7-8-24-6;/h11-12H,7-10H2,1-6H3,(H,17,19)(H,18,23);1H. The number of guanidine groups is 1. The zero-order valence-corrected chi connectivity index (χ0v) is 18.3. The van der Waals surface area contributed by atoms with Crippen LogP contribution in [0.1, 0.15) is 31.0 Å². The van der Waals surface area contributed by atoms with Crippen molar-refractivity contribution in [1.29, 1.82) is 0 Å². The average molecular weight is 466 g/mol. The molecular weight excluding hydrogens is 435 g/mol. The molecule has 8 nitrogen and oxygen atoms in total. The van der Waals surface area contributed by atoms with Crippen molar-refractivity contribution < 1.29 is 9.53 Å². The molecular formula is C16H31IN6O2. The second-order valence-electron chi connectivity index (χ2n) is 5.97. The Balaban J connectivity index is 0.00000576. The van der Waals surface area contributed by atoms with Crippen LogP contribution in [-0.4, -0.2) is 67.4 Å². The lowest BCUT2D eigenvalue weighted by atomic mass is 10.1. The molecule has 0 bridgehead atoms. The summed E-state index contributed by atoms with van der Waals surface area (Å²) in [4.78, 5) is 18.0. The summed E-state index contributed by atoms with van der Waals surface area (Å²) in [5, 5.41) is 10.4. The van der Waals surface area contributed by atoms with Crippen molar-refractivity contribution in [3.05, 3.63) is 17.5 Å². The SMILES string of the molecule is CN=C(NCC(=O)NCCOC)N(C)Cc1cn(C)nc1C(C)C.I. The maximum Gasteiger partial charge on any atom is 0.239 e. The van der Waals surface area contributed by atoms with E-state index in [9.17, 15) is 4.79 Å². The van der Waals surface area contributed by atoms with E-state index in [1.54, 1.807) is 14.2 Å². The number of nitrogens with one attached hydrogen (secondary N) is 2. The van der Waals surface area contributed by atoms with Gasteiger partial charge in [0.05, 0.1) is 18.8 Å². The molecule has 0 aliphatic heterocycles. The molecule has 1 amide bonds. The third-order valence-electron chi connectivity index (χ3n) is 3.50. The van der Waals surface area contributed by atoms with Gasteiger partial charge in [0.25, 0.3) is 0 Å². The number of hydrogen-bond acceptors (Lipinski definition) is 4. The van der Waals surface area contributed by atoms with E-state index in [4.69, 9.17) is 4.74 Å². The molecule has 0 aromatic carbocycles. The van der Waals surface area contributed by atoms with Crippen molar-refractivity contribution in [1.82, 2.24) is 25.3 Å². The van der Waals surface area contributed by atoms with Crippen molar-refractivity contribution in [3.63, 3.8) is 0 Å². The number of methoxy groups -OCH3 is 1. The predicted molar refractivity (Wildman–Crippen MR) is 110 cm³/mol. The fourth-order valence-electron chi connectivity index (χ4n) is 2.39. The van der Waals surface area contributed by atoms with Crippen LogP contribution >= 0.6 is 24.0 Å². The Morgan fingerprint density at radius 1 is 1.44 bits per heavy atom. The van der Waals surface area contributed by atoms with E-state index in [0.717, 1.165) is 11.3 Å². The van der Waals surface area contributed by atoms with Crippen molar-refractivity contribution in [2.24, 2.45) is 12.0 Å². The molecule has 0 saturated carbocycles. The molecule has 9 heteroatoms. The fourth-order valence-corrected chi connectivity index (χ4v) is 2.39. The minimum atomic E-state index is -0.0918. The van der Waals surface area contributed by atoms with Crippen LogP contribution in [0.3, 0.4) is 0 Å². The lowest BCUT2D eigenvalue weighted by molar-refractivity contribution is -0.120. The van der Waals surface area contributed by atoms with Crippen molar-refractivity contribution in [3.8, 4) is 0 Å². The molecule has 0 fully saturated rings. The molecule has 0 unspecified atom stereocenters. The number of aromatic nitrogens is 2. The largest absolute Gasteiger partial charge is 0.383 e. The molecule has 0 atom stereocenters. The Bertz CT molecular complexity index is 559. The minimum absolute atomic E-state index is 0. The Morgan fingerprint density at radius 3 is 2.68 bits per heavy atom. The zero-order chi connectivity index (χ0) is 18.1. The van der Waals surface area contributed by atoms with Gasteiger partial charge in [-0.2, -0.15) is 5.10 Å². The van der Waals surface area contributed by atoms with Gasteiger partial charge in [-0.25, -0.2) is 0 Å². The first-order valence-electron chi connectivity index (χ1n) is 8.08. The van der Waals surface area contributed by atoms with E-state index >= 15 is 0 Å². The molecule has 1 aromatic rings. The molecule has 1 aromatic heterocycles. The van der Waals surface area contributed by atoms with Gasteiger partial charge in [0.2, 0.25) is 5.91 Å². The molecule has 0 aliphatic rings. The minimum Gasteiger partial charge on any atom is -0.383 e. The average Bonchev–Trinajstić information content (AvgIpc) is 2.89. The summed E-state index contributed by atoms with van der Waals surface area (Å²) in [7, 11) is 7.17. The molecule has 0 saturated heterocycles. The van der Waals surface area contributed by atoms with Gasteiger partial charge in [0.1, 0.15) is 0 Å². The topological polar surface area (TPSA) is 83.8 Å². The highest BCUT2D eigenvalue weighted by Gasteiger charge is 2.15. The summed E-state index contributed by atoms with van der Waals surface area (Å²) < 4.78 is 6.73. The maximum atomic E-state index is 11.7. The second kappa shape index (κ2) is 12.1. The molecule has 1 heterocycles. The highest BCUT2D eigenvalue weighted by Crippen LogP contribution is 2.18. The molecule has 0 aliphatic carbocycles. The third-order valence-corrected chi connectivity index (χ3v) is 3.50. The normalized spacial score (nSPS) is 11.2. The van der Waals surface area contributed by atoms with Gasteiger partial charge >= 0.3 is 0 Å². The van der Waals surface area contributed by atoms with Gasteiger partial charge in [-0.1, -0.05) is 13.8 Å². The van der Waals surface area contributed by atoms with Gasteiger partial charge in [0.15, 0.2) is 5.96 Å². The summed E-state index contributed by atoms with van der Waals surface area (Å²) in [5.41, 5.74) is 2.24. The Labute approximate surface area is 167 Å². The Kier molecular flexibility index (Phi) is 11.4. The molecule has 144 valence electrons. The number of aliphatic imine (C=N–C) groups is 1. The van der Waals surface area contributed by atoms with Crippen LogP contribution in [0, 0.1) is 0 Å². The number of rotatable bonds is 8.